The molecular formula is C12H11BrN2O2. The number of amides is 1. The molecule has 1 aromatic carbocycles. The van der Waals surface area contributed by atoms with E-state index in [1.807, 2.05) is 13.0 Å². The molecule has 2 rings (SSSR count). The van der Waals surface area contributed by atoms with Crippen molar-refractivity contribution < 1.29 is 9.32 Å². The van der Waals surface area contributed by atoms with Crippen LogP contribution in [-0.4, -0.2) is 11.1 Å². The number of nitrogens with one attached hydrogen (secondary N) is 1. The molecule has 1 aromatic heterocycles. The van der Waals surface area contributed by atoms with Gasteiger partial charge in [-0.15, -0.1) is 0 Å². The molecule has 0 saturated carbocycles. The molecule has 0 aliphatic heterocycles. The number of carbonyl (C=O) groups is 1. The lowest BCUT2D eigenvalue weighted by atomic mass is 10.1. The normalized spacial score (nSPS) is 10.3. The number of aromatic nitrogens is 1. The maximum Gasteiger partial charge on any atom is 0.258 e. The van der Waals surface area contributed by atoms with E-state index in [0.717, 1.165) is 15.7 Å². The van der Waals surface area contributed by atoms with Gasteiger partial charge in [-0.2, -0.15) is 0 Å². The first-order chi connectivity index (χ1) is 8.06. The SMILES string of the molecule is Cc1cc(NC(=O)c2ccc(C)c(Br)c2)on1. The second-order valence-electron chi connectivity index (χ2n) is 3.75. The monoisotopic (exact) mass is 294 g/mol. The third-order valence-electron chi connectivity index (χ3n) is 2.30. The summed E-state index contributed by atoms with van der Waals surface area (Å²) >= 11 is 3.39. The zero-order valence-electron chi connectivity index (χ0n) is 9.45. The van der Waals surface area contributed by atoms with Crippen molar-refractivity contribution in [2.24, 2.45) is 0 Å². The zero-order chi connectivity index (χ0) is 12.4. The summed E-state index contributed by atoms with van der Waals surface area (Å²) in [6.07, 6.45) is 0. The molecule has 0 atom stereocenters. The second-order valence-corrected chi connectivity index (χ2v) is 4.60. The third-order valence-corrected chi connectivity index (χ3v) is 3.15. The van der Waals surface area contributed by atoms with Crippen LogP contribution in [0.5, 0.6) is 0 Å². The molecule has 5 heteroatoms. The lowest BCUT2D eigenvalue weighted by Crippen LogP contribution is -2.11. The molecule has 0 fully saturated rings. The van der Waals surface area contributed by atoms with Crippen molar-refractivity contribution in [2.75, 3.05) is 5.32 Å². The van der Waals surface area contributed by atoms with Gasteiger partial charge >= 0.3 is 0 Å². The summed E-state index contributed by atoms with van der Waals surface area (Å²) in [5.74, 6) is 0.131. The average Bonchev–Trinajstić information content (AvgIpc) is 2.68. The van der Waals surface area contributed by atoms with Crippen molar-refractivity contribution in [3.8, 4) is 0 Å². The van der Waals surface area contributed by atoms with Gasteiger partial charge in [0.25, 0.3) is 5.91 Å². The Morgan fingerprint density at radius 1 is 1.35 bits per heavy atom. The van der Waals surface area contributed by atoms with Crippen LogP contribution < -0.4 is 5.32 Å². The summed E-state index contributed by atoms with van der Waals surface area (Å²) in [5.41, 5.74) is 2.37. The van der Waals surface area contributed by atoms with Crippen LogP contribution in [0.4, 0.5) is 5.88 Å². The van der Waals surface area contributed by atoms with E-state index in [2.05, 4.69) is 26.4 Å². The van der Waals surface area contributed by atoms with Gasteiger partial charge in [-0.25, -0.2) is 0 Å². The maximum atomic E-state index is 11.9. The van der Waals surface area contributed by atoms with Crippen LogP contribution in [0.15, 0.2) is 33.3 Å². The zero-order valence-corrected chi connectivity index (χ0v) is 11.0. The number of hydrogen-bond donors (Lipinski definition) is 1. The number of halogens is 1. The van der Waals surface area contributed by atoms with Crippen LogP contribution in [0.2, 0.25) is 0 Å². The van der Waals surface area contributed by atoms with Gasteiger partial charge in [-0.3, -0.25) is 10.1 Å². The van der Waals surface area contributed by atoms with Crippen LogP contribution >= 0.6 is 15.9 Å². The Hall–Kier alpha value is -1.62. The van der Waals surface area contributed by atoms with Crippen molar-refractivity contribution in [2.45, 2.75) is 13.8 Å². The highest BCUT2D eigenvalue weighted by atomic mass is 79.9. The highest BCUT2D eigenvalue weighted by Gasteiger charge is 2.10. The smallest absolute Gasteiger partial charge is 0.258 e. The Balaban J connectivity index is 2.17. The number of aryl methyl sites for hydroxylation is 2. The molecule has 1 N–H and O–H groups in total. The van der Waals surface area contributed by atoms with E-state index in [1.165, 1.54) is 0 Å². The molecule has 0 saturated heterocycles. The molecule has 0 aliphatic carbocycles. The Kier molecular flexibility index (Phi) is 3.28. The summed E-state index contributed by atoms with van der Waals surface area (Å²) in [4.78, 5) is 11.9. The number of benzene rings is 1. The minimum atomic E-state index is -0.221. The summed E-state index contributed by atoms with van der Waals surface area (Å²) in [6, 6.07) is 7.08. The molecule has 1 amide bonds. The molecule has 0 unspecified atom stereocenters. The fraction of sp³-hybridized carbons (Fsp3) is 0.167. The first-order valence-corrected chi connectivity index (χ1v) is 5.86. The highest BCUT2D eigenvalue weighted by molar-refractivity contribution is 9.10. The fourth-order valence-electron chi connectivity index (χ4n) is 1.34. The van der Waals surface area contributed by atoms with Crippen LogP contribution in [-0.2, 0) is 0 Å². The number of rotatable bonds is 2. The van der Waals surface area contributed by atoms with Crippen molar-refractivity contribution in [1.29, 1.82) is 0 Å². The summed E-state index contributed by atoms with van der Waals surface area (Å²) < 4.78 is 5.82. The van der Waals surface area contributed by atoms with Crippen molar-refractivity contribution in [3.63, 3.8) is 0 Å². The number of nitrogens with zero attached hydrogens (tertiary/aromatic N) is 1. The molecular weight excluding hydrogens is 284 g/mol. The van der Waals surface area contributed by atoms with E-state index >= 15 is 0 Å². The second kappa shape index (κ2) is 4.71. The molecule has 4 nitrogen and oxygen atoms in total. The van der Waals surface area contributed by atoms with Crippen molar-refractivity contribution >= 4 is 27.7 Å². The van der Waals surface area contributed by atoms with E-state index < -0.39 is 0 Å². The van der Waals surface area contributed by atoms with Gasteiger partial charge in [0, 0.05) is 16.1 Å². The Bertz CT molecular complexity index is 563. The molecule has 17 heavy (non-hydrogen) atoms. The third kappa shape index (κ3) is 2.74. The van der Waals surface area contributed by atoms with Crippen molar-refractivity contribution in [3.05, 3.63) is 45.6 Å². The Morgan fingerprint density at radius 2 is 2.12 bits per heavy atom. The minimum absolute atomic E-state index is 0.221. The highest BCUT2D eigenvalue weighted by Crippen LogP contribution is 2.18. The van der Waals surface area contributed by atoms with Crippen LogP contribution in [0.25, 0.3) is 0 Å². The first-order valence-electron chi connectivity index (χ1n) is 5.07. The predicted octanol–water partition coefficient (Wildman–Crippen LogP) is 3.31. The van der Waals surface area contributed by atoms with Gasteiger partial charge in [0.1, 0.15) is 0 Å². The van der Waals surface area contributed by atoms with E-state index in [9.17, 15) is 4.79 Å². The average molecular weight is 295 g/mol. The van der Waals surface area contributed by atoms with Crippen LogP contribution in [0, 0.1) is 13.8 Å². The fourth-order valence-corrected chi connectivity index (χ4v) is 1.72. The molecule has 2 aromatic rings. The number of anilines is 1. The number of hydrogen-bond acceptors (Lipinski definition) is 3. The molecule has 0 radical (unpaired) electrons. The predicted molar refractivity (Wildman–Crippen MR) is 68.1 cm³/mol. The quantitative estimate of drug-likeness (QED) is 0.924. The van der Waals surface area contributed by atoms with Crippen molar-refractivity contribution in [1.82, 2.24) is 5.16 Å². The summed E-state index contributed by atoms with van der Waals surface area (Å²) in [6.45, 7) is 3.76. The van der Waals surface area contributed by atoms with Crippen LogP contribution in [0.1, 0.15) is 21.6 Å². The van der Waals surface area contributed by atoms with Gasteiger partial charge in [-0.05, 0) is 31.5 Å². The molecule has 88 valence electrons. The van der Waals surface area contributed by atoms with E-state index in [0.29, 0.717) is 11.4 Å². The molecule has 0 spiro atoms. The van der Waals surface area contributed by atoms with Crippen LogP contribution in [0.3, 0.4) is 0 Å². The topological polar surface area (TPSA) is 55.1 Å². The van der Waals surface area contributed by atoms with Gasteiger partial charge in [0.05, 0.1) is 5.69 Å². The minimum Gasteiger partial charge on any atom is -0.338 e. The van der Waals surface area contributed by atoms with Gasteiger partial charge in [0.2, 0.25) is 5.88 Å². The maximum absolute atomic E-state index is 11.9. The lowest BCUT2D eigenvalue weighted by molar-refractivity contribution is 0.102. The van der Waals surface area contributed by atoms with Gasteiger partial charge in [0.15, 0.2) is 0 Å². The van der Waals surface area contributed by atoms with E-state index in [4.69, 9.17) is 4.52 Å². The standard InChI is InChI=1S/C12H11BrN2O2/c1-7-3-4-9(6-10(7)13)12(16)14-11-5-8(2)15-17-11/h3-6H,1-2H3,(H,14,16). The molecule has 0 aliphatic rings. The first kappa shape index (κ1) is 11.9. The van der Waals surface area contributed by atoms with E-state index in [-0.39, 0.29) is 5.91 Å². The lowest BCUT2D eigenvalue weighted by Gasteiger charge is -2.03. The van der Waals surface area contributed by atoms with E-state index in [1.54, 1.807) is 25.1 Å². The van der Waals surface area contributed by atoms with Gasteiger partial charge < -0.3 is 4.52 Å². The summed E-state index contributed by atoms with van der Waals surface area (Å²) in [5, 5.41) is 6.33. The molecule has 0 bridgehead atoms. The largest absolute Gasteiger partial charge is 0.338 e. The molecule has 1 heterocycles. The Labute approximate surface area is 107 Å². The van der Waals surface area contributed by atoms with Gasteiger partial charge in [-0.1, -0.05) is 27.2 Å². The Morgan fingerprint density at radius 3 is 2.71 bits per heavy atom. The summed E-state index contributed by atoms with van der Waals surface area (Å²) in [7, 11) is 0. The number of carbonyl (C=O) groups excluding carboxylic acids is 1.